The molecule has 4 rings (SSSR count). The van der Waals surface area contributed by atoms with Gasteiger partial charge < -0.3 is 20.1 Å². The van der Waals surface area contributed by atoms with Crippen LogP contribution in [0.1, 0.15) is 22.3 Å². The highest BCUT2D eigenvalue weighted by Crippen LogP contribution is 2.28. The van der Waals surface area contributed by atoms with Crippen LogP contribution in [0, 0.1) is 6.92 Å². The van der Waals surface area contributed by atoms with E-state index in [1.54, 1.807) is 50.6 Å². The van der Waals surface area contributed by atoms with Gasteiger partial charge in [0.25, 0.3) is 0 Å². The molecule has 0 fully saturated rings. The lowest BCUT2D eigenvalue weighted by Gasteiger charge is -2.28. The van der Waals surface area contributed by atoms with Gasteiger partial charge in [-0.3, -0.25) is 0 Å². The molecular weight excluding hydrogens is 466 g/mol. The summed E-state index contributed by atoms with van der Waals surface area (Å²) in [6.45, 7) is 2.90. The minimum absolute atomic E-state index is 0.258. The summed E-state index contributed by atoms with van der Waals surface area (Å²) < 4.78 is 38.2. The quantitative estimate of drug-likeness (QED) is 0.515. The number of nitrogens with zero attached hydrogens (tertiary/aromatic N) is 1. The molecule has 0 saturated heterocycles. The number of ether oxygens (including phenoxy) is 2. The molecule has 3 aromatic rings. The van der Waals surface area contributed by atoms with E-state index in [2.05, 4.69) is 10.6 Å². The first-order valence-corrected chi connectivity index (χ1v) is 12.7. The fourth-order valence-corrected chi connectivity index (χ4v) is 5.44. The lowest BCUT2D eigenvalue weighted by atomic mass is 10.0. The molecule has 184 valence electrons. The number of rotatable bonds is 7. The topological polar surface area (TPSA) is 97.0 Å². The number of urea groups is 1. The smallest absolute Gasteiger partial charge is 0.319 e. The summed E-state index contributed by atoms with van der Waals surface area (Å²) >= 11 is 0. The molecule has 0 atom stereocenters. The Balaban J connectivity index is 1.41. The van der Waals surface area contributed by atoms with Gasteiger partial charge in [-0.25, -0.2) is 13.2 Å². The Labute approximate surface area is 205 Å². The molecule has 0 radical (unpaired) electrons. The van der Waals surface area contributed by atoms with Gasteiger partial charge in [0.05, 0.1) is 19.1 Å². The molecule has 9 heteroatoms. The summed E-state index contributed by atoms with van der Waals surface area (Å²) in [6, 6.07) is 17.6. The summed E-state index contributed by atoms with van der Waals surface area (Å²) in [5.41, 5.74) is 4.43. The maximum atomic E-state index is 13.1. The van der Waals surface area contributed by atoms with E-state index in [1.165, 1.54) is 4.31 Å². The zero-order valence-corrected chi connectivity index (χ0v) is 20.8. The van der Waals surface area contributed by atoms with Crippen molar-refractivity contribution in [2.24, 2.45) is 0 Å². The highest BCUT2D eigenvalue weighted by molar-refractivity contribution is 7.89. The summed E-state index contributed by atoms with van der Waals surface area (Å²) in [5, 5.41) is 5.65. The van der Waals surface area contributed by atoms with Crippen LogP contribution in [-0.4, -0.2) is 39.5 Å². The third-order valence-corrected chi connectivity index (χ3v) is 7.86. The van der Waals surface area contributed by atoms with Crippen molar-refractivity contribution in [2.45, 2.75) is 31.3 Å². The van der Waals surface area contributed by atoms with Crippen LogP contribution in [0.3, 0.4) is 0 Å². The summed E-state index contributed by atoms with van der Waals surface area (Å²) in [7, 11) is -0.464. The van der Waals surface area contributed by atoms with Gasteiger partial charge in [-0.05, 0) is 66.4 Å². The Hall–Kier alpha value is -3.56. The summed E-state index contributed by atoms with van der Waals surface area (Å²) in [6.07, 6.45) is 0.617. The second kappa shape index (κ2) is 10.4. The first-order chi connectivity index (χ1) is 16.8. The number of methoxy groups -OCH3 is 2. The SMILES string of the molecule is COc1ccc(CNC(=O)Nc2ccc3c(c2)CN(S(=O)(=O)c2ccc(C)cc2)CC3)cc1OC. The summed E-state index contributed by atoms with van der Waals surface area (Å²) in [5.74, 6) is 1.21. The molecule has 1 aliphatic rings. The number of benzene rings is 3. The van der Waals surface area contributed by atoms with Gasteiger partial charge >= 0.3 is 6.03 Å². The largest absolute Gasteiger partial charge is 0.493 e. The van der Waals surface area contributed by atoms with Crippen molar-refractivity contribution in [3.05, 3.63) is 82.9 Å². The molecule has 0 aromatic heterocycles. The lowest BCUT2D eigenvalue weighted by Crippen LogP contribution is -2.36. The lowest BCUT2D eigenvalue weighted by molar-refractivity contribution is 0.251. The van der Waals surface area contributed by atoms with Crippen molar-refractivity contribution in [2.75, 3.05) is 26.1 Å². The van der Waals surface area contributed by atoms with Gasteiger partial charge in [-0.2, -0.15) is 4.31 Å². The van der Waals surface area contributed by atoms with E-state index in [9.17, 15) is 13.2 Å². The monoisotopic (exact) mass is 495 g/mol. The highest BCUT2D eigenvalue weighted by Gasteiger charge is 2.28. The minimum Gasteiger partial charge on any atom is -0.493 e. The average Bonchev–Trinajstić information content (AvgIpc) is 2.87. The molecule has 35 heavy (non-hydrogen) atoms. The van der Waals surface area contributed by atoms with Crippen LogP contribution in [-0.2, 0) is 29.5 Å². The normalized spacial score (nSPS) is 13.6. The molecule has 8 nitrogen and oxygen atoms in total. The number of sulfonamides is 1. The van der Waals surface area contributed by atoms with Gasteiger partial charge in [0, 0.05) is 25.3 Å². The van der Waals surface area contributed by atoms with Crippen LogP contribution >= 0.6 is 0 Å². The minimum atomic E-state index is -3.59. The standard InChI is InChI=1S/C26H29N3O5S/c1-18-4-9-23(10-5-18)35(31,32)29-13-12-20-7-8-22(15-21(20)17-29)28-26(30)27-16-19-6-11-24(33-2)25(14-19)34-3/h4-11,14-15H,12-13,16-17H2,1-3H3,(H2,27,28,30). The molecular formula is C26H29N3O5S. The third-order valence-electron chi connectivity index (χ3n) is 6.00. The van der Waals surface area contributed by atoms with Gasteiger partial charge in [-0.15, -0.1) is 0 Å². The van der Waals surface area contributed by atoms with Crippen LogP contribution in [0.2, 0.25) is 0 Å². The number of fused-ring (bicyclic) bond motifs is 1. The van der Waals surface area contributed by atoms with Gasteiger partial charge in [0.1, 0.15) is 0 Å². The summed E-state index contributed by atoms with van der Waals surface area (Å²) in [4.78, 5) is 12.8. The number of carbonyl (C=O) groups is 1. The maximum absolute atomic E-state index is 13.1. The molecule has 1 heterocycles. The Morgan fingerprint density at radius 1 is 0.943 bits per heavy atom. The van der Waals surface area contributed by atoms with Crippen molar-refractivity contribution >= 4 is 21.7 Å². The maximum Gasteiger partial charge on any atom is 0.319 e. The highest BCUT2D eigenvalue weighted by atomic mass is 32.2. The molecule has 0 aliphatic carbocycles. The van der Waals surface area contributed by atoms with Gasteiger partial charge in [0.2, 0.25) is 10.0 Å². The molecule has 0 saturated carbocycles. The number of carbonyl (C=O) groups excluding carboxylic acids is 1. The molecule has 0 bridgehead atoms. The van der Waals surface area contributed by atoms with Crippen molar-refractivity contribution in [1.29, 1.82) is 0 Å². The van der Waals surface area contributed by atoms with Gasteiger partial charge in [-0.1, -0.05) is 29.8 Å². The van der Waals surface area contributed by atoms with E-state index in [0.717, 1.165) is 22.3 Å². The molecule has 2 amide bonds. The number of amides is 2. The Morgan fingerprint density at radius 3 is 2.40 bits per heavy atom. The fraction of sp³-hybridized carbons (Fsp3) is 0.269. The van der Waals surface area contributed by atoms with E-state index >= 15 is 0 Å². The van der Waals surface area contributed by atoms with Crippen LogP contribution in [0.4, 0.5) is 10.5 Å². The van der Waals surface area contributed by atoms with E-state index in [0.29, 0.717) is 36.7 Å². The Morgan fingerprint density at radius 2 is 1.69 bits per heavy atom. The zero-order valence-electron chi connectivity index (χ0n) is 20.0. The zero-order chi connectivity index (χ0) is 25.0. The second-order valence-corrected chi connectivity index (χ2v) is 10.3. The van der Waals surface area contributed by atoms with E-state index in [4.69, 9.17) is 9.47 Å². The third kappa shape index (κ3) is 5.58. The fourth-order valence-electron chi connectivity index (χ4n) is 4.02. The number of hydrogen-bond donors (Lipinski definition) is 2. The Bertz CT molecular complexity index is 1320. The second-order valence-electron chi connectivity index (χ2n) is 8.38. The molecule has 1 aliphatic heterocycles. The van der Waals surface area contributed by atoms with Crippen LogP contribution < -0.4 is 20.1 Å². The Kier molecular flexibility index (Phi) is 7.28. The predicted molar refractivity (Wildman–Crippen MR) is 134 cm³/mol. The number of nitrogens with one attached hydrogen (secondary N) is 2. The van der Waals surface area contributed by atoms with Gasteiger partial charge in [0.15, 0.2) is 11.5 Å². The van der Waals surface area contributed by atoms with E-state index in [1.807, 2.05) is 31.2 Å². The van der Waals surface area contributed by atoms with Crippen molar-refractivity contribution in [3.63, 3.8) is 0 Å². The van der Waals surface area contributed by atoms with Crippen molar-refractivity contribution < 1.29 is 22.7 Å². The first-order valence-electron chi connectivity index (χ1n) is 11.2. The number of aryl methyl sites for hydroxylation is 1. The molecule has 2 N–H and O–H groups in total. The van der Waals surface area contributed by atoms with E-state index in [-0.39, 0.29) is 17.5 Å². The molecule has 0 spiro atoms. The first kappa shape index (κ1) is 24.6. The van der Waals surface area contributed by atoms with Crippen molar-refractivity contribution in [1.82, 2.24) is 9.62 Å². The van der Waals surface area contributed by atoms with Crippen LogP contribution in [0.5, 0.6) is 11.5 Å². The predicted octanol–water partition coefficient (Wildman–Crippen LogP) is 4.08. The van der Waals surface area contributed by atoms with E-state index < -0.39 is 10.0 Å². The van der Waals surface area contributed by atoms with Crippen LogP contribution in [0.15, 0.2) is 65.6 Å². The van der Waals surface area contributed by atoms with Crippen LogP contribution in [0.25, 0.3) is 0 Å². The average molecular weight is 496 g/mol. The molecule has 0 unspecified atom stereocenters. The number of hydrogen-bond acceptors (Lipinski definition) is 5. The van der Waals surface area contributed by atoms with Crippen molar-refractivity contribution in [3.8, 4) is 11.5 Å². The molecule has 3 aromatic carbocycles. The number of anilines is 1.